The Morgan fingerprint density at radius 1 is 1.43 bits per heavy atom. The summed E-state index contributed by atoms with van der Waals surface area (Å²) in [5, 5.41) is 19.7. The Balaban J connectivity index is 2.41. The highest BCUT2D eigenvalue weighted by atomic mass is 19.4. The maximum Gasteiger partial charge on any atom is 0.416 e. The van der Waals surface area contributed by atoms with Crippen LogP contribution in [0.5, 0.6) is 0 Å². The van der Waals surface area contributed by atoms with Crippen LogP contribution in [0.15, 0.2) is 12.1 Å². The molecule has 0 aromatic heterocycles. The van der Waals surface area contributed by atoms with E-state index in [2.05, 4.69) is 0 Å². The minimum Gasteiger partial charge on any atom is -0.481 e. The predicted octanol–water partition coefficient (Wildman–Crippen LogP) is 2.44. The second-order valence-corrected chi connectivity index (χ2v) is 4.85. The Labute approximate surface area is 116 Å². The quantitative estimate of drug-likeness (QED) is 0.685. The van der Waals surface area contributed by atoms with Gasteiger partial charge in [0.1, 0.15) is 5.69 Å². The van der Waals surface area contributed by atoms with Crippen molar-refractivity contribution >= 4 is 17.3 Å². The molecule has 0 bridgehead atoms. The standard InChI is InChI=1S/C12H11F3N2O4/c1-6-2-9(16-4-7(5-16)11(18)19)10(17(20)21)3-8(6)12(13,14)15/h2-3,7H,4-5H2,1H3,(H,18,19). The SMILES string of the molecule is Cc1cc(N2CC(C(=O)O)C2)c([N+](=O)[O-])cc1C(F)(F)F. The van der Waals surface area contributed by atoms with Gasteiger partial charge >= 0.3 is 12.1 Å². The van der Waals surface area contributed by atoms with E-state index in [1.54, 1.807) is 0 Å². The normalized spacial score (nSPS) is 15.7. The van der Waals surface area contributed by atoms with Gasteiger partial charge in [0, 0.05) is 19.2 Å². The van der Waals surface area contributed by atoms with Gasteiger partial charge in [-0.25, -0.2) is 0 Å². The number of aryl methyl sites for hydroxylation is 1. The minimum atomic E-state index is -4.67. The van der Waals surface area contributed by atoms with Gasteiger partial charge in [-0.05, 0) is 18.6 Å². The van der Waals surface area contributed by atoms with E-state index in [1.165, 1.54) is 11.8 Å². The first-order valence-electron chi connectivity index (χ1n) is 5.95. The molecule has 1 aliphatic rings. The molecule has 0 spiro atoms. The Bertz CT molecular complexity index is 609. The van der Waals surface area contributed by atoms with Crippen molar-refractivity contribution in [2.45, 2.75) is 13.1 Å². The topological polar surface area (TPSA) is 83.7 Å². The van der Waals surface area contributed by atoms with Crippen molar-refractivity contribution in [3.63, 3.8) is 0 Å². The van der Waals surface area contributed by atoms with Crippen LogP contribution >= 0.6 is 0 Å². The Morgan fingerprint density at radius 2 is 2.00 bits per heavy atom. The first kappa shape index (κ1) is 15.1. The number of rotatable bonds is 3. The average molecular weight is 304 g/mol. The molecule has 0 saturated carbocycles. The highest BCUT2D eigenvalue weighted by molar-refractivity contribution is 5.77. The van der Waals surface area contributed by atoms with Crippen LogP contribution in [0.2, 0.25) is 0 Å². The highest BCUT2D eigenvalue weighted by Gasteiger charge is 2.39. The molecule has 0 atom stereocenters. The lowest BCUT2D eigenvalue weighted by atomic mass is 9.97. The van der Waals surface area contributed by atoms with E-state index >= 15 is 0 Å². The third kappa shape index (κ3) is 2.76. The number of halogens is 3. The molecule has 1 heterocycles. The molecule has 114 valence electrons. The summed E-state index contributed by atoms with van der Waals surface area (Å²) < 4.78 is 38.3. The lowest BCUT2D eigenvalue weighted by Gasteiger charge is -2.38. The van der Waals surface area contributed by atoms with Gasteiger partial charge in [-0.15, -0.1) is 0 Å². The second kappa shape index (κ2) is 4.90. The number of aliphatic carboxylic acids is 1. The lowest BCUT2D eigenvalue weighted by molar-refractivity contribution is -0.384. The van der Waals surface area contributed by atoms with E-state index in [0.717, 1.165) is 6.07 Å². The van der Waals surface area contributed by atoms with Crippen molar-refractivity contribution < 1.29 is 28.0 Å². The molecule has 1 N–H and O–H groups in total. The summed E-state index contributed by atoms with van der Waals surface area (Å²) in [6.45, 7) is 1.30. The molecule has 0 radical (unpaired) electrons. The van der Waals surface area contributed by atoms with Crippen LogP contribution in [-0.4, -0.2) is 29.1 Å². The van der Waals surface area contributed by atoms with Gasteiger partial charge in [-0.1, -0.05) is 0 Å². The fraction of sp³-hybridized carbons (Fsp3) is 0.417. The molecule has 9 heteroatoms. The third-order valence-electron chi connectivity index (χ3n) is 3.40. The number of carboxylic acid groups (broad SMARTS) is 1. The Kier molecular flexibility index (Phi) is 3.52. The van der Waals surface area contributed by atoms with Crippen molar-refractivity contribution in [2.75, 3.05) is 18.0 Å². The third-order valence-corrected chi connectivity index (χ3v) is 3.40. The summed E-state index contributed by atoms with van der Waals surface area (Å²) in [6, 6.07) is 1.58. The number of benzene rings is 1. The van der Waals surface area contributed by atoms with Gasteiger partial charge in [-0.3, -0.25) is 14.9 Å². The fourth-order valence-electron chi connectivity index (χ4n) is 2.22. The van der Waals surface area contributed by atoms with Crippen LogP contribution < -0.4 is 4.90 Å². The molecular weight excluding hydrogens is 293 g/mol. The minimum absolute atomic E-state index is 0.0167. The number of nitrogens with zero attached hydrogens (tertiary/aromatic N) is 2. The van der Waals surface area contributed by atoms with Crippen molar-refractivity contribution in [1.29, 1.82) is 0 Å². The van der Waals surface area contributed by atoms with Crippen LogP contribution in [0.4, 0.5) is 24.5 Å². The van der Waals surface area contributed by atoms with Gasteiger partial charge in [0.25, 0.3) is 5.69 Å². The van der Waals surface area contributed by atoms with E-state index in [1.807, 2.05) is 0 Å². The van der Waals surface area contributed by atoms with E-state index in [4.69, 9.17) is 5.11 Å². The van der Waals surface area contributed by atoms with Gasteiger partial charge in [0.2, 0.25) is 0 Å². The number of hydrogen-bond acceptors (Lipinski definition) is 4. The average Bonchev–Trinajstić information content (AvgIpc) is 2.23. The molecule has 6 nitrogen and oxygen atoms in total. The molecule has 1 aromatic carbocycles. The van der Waals surface area contributed by atoms with Gasteiger partial charge in [0.15, 0.2) is 0 Å². The maximum absolute atomic E-state index is 12.8. The van der Waals surface area contributed by atoms with E-state index in [0.29, 0.717) is 6.07 Å². The van der Waals surface area contributed by atoms with E-state index < -0.39 is 34.2 Å². The summed E-state index contributed by atoms with van der Waals surface area (Å²) in [6.07, 6.45) is -4.67. The molecule has 1 aromatic rings. The van der Waals surface area contributed by atoms with E-state index in [9.17, 15) is 28.1 Å². The highest BCUT2D eigenvalue weighted by Crippen LogP contribution is 2.40. The number of hydrogen-bond donors (Lipinski definition) is 1. The lowest BCUT2D eigenvalue weighted by Crippen LogP contribution is -2.50. The number of carboxylic acids is 1. The van der Waals surface area contributed by atoms with Crippen molar-refractivity contribution in [3.8, 4) is 0 Å². The number of nitro benzene ring substituents is 1. The largest absolute Gasteiger partial charge is 0.481 e. The van der Waals surface area contributed by atoms with Gasteiger partial charge in [-0.2, -0.15) is 13.2 Å². The summed E-state index contributed by atoms with van der Waals surface area (Å²) in [4.78, 5) is 22.2. The summed E-state index contributed by atoms with van der Waals surface area (Å²) in [5.74, 6) is -1.69. The molecule has 21 heavy (non-hydrogen) atoms. The van der Waals surface area contributed by atoms with Crippen molar-refractivity contribution in [2.24, 2.45) is 5.92 Å². The number of nitro groups is 1. The maximum atomic E-state index is 12.8. The zero-order chi connectivity index (χ0) is 15.9. The van der Waals surface area contributed by atoms with Crippen molar-refractivity contribution in [3.05, 3.63) is 33.4 Å². The van der Waals surface area contributed by atoms with Crippen molar-refractivity contribution in [1.82, 2.24) is 0 Å². The molecule has 0 unspecified atom stereocenters. The van der Waals surface area contributed by atoms with E-state index in [-0.39, 0.29) is 24.3 Å². The first-order valence-corrected chi connectivity index (χ1v) is 5.95. The fourth-order valence-corrected chi connectivity index (χ4v) is 2.22. The zero-order valence-electron chi connectivity index (χ0n) is 10.8. The molecule has 0 aliphatic carbocycles. The molecular formula is C12H11F3N2O4. The summed E-state index contributed by atoms with van der Waals surface area (Å²) >= 11 is 0. The molecule has 2 rings (SSSR count). The first-order chi connectivity index (χ1) is 9.61. The monoisotopic (exact) mass is 304 g/mol. The molecule has 1 saturated heterocycles. The molecule has 0 amide bonds. The van der Waals surface area contributed by atoms with Gasteiger partial charge in [0.05, 0.1) is 16.4 Å². The zero-order valence-corrected chi connectivity index (χ0v) is 10.8. The summed E-state index contributed by atoms with van der Waals surface area (Å²) in [5.41, 5.74) is -1.85. The Hall–Kier alpha value is -2.32. The predicted molar refractivity (Wildman–Crippen MR) is 66.2 cm³/mol. The summed E-state index contributed by atoms with van der Waals surface area (Å²) in [7, 11) is 0. The molecule has 1 fully saturated rings. The van der Waals surface area contributed by atoms with Gasteiger partial charge < -0.3 is 10.0 Å². The van der Waals surface area contributed by atoms with Crippen LogP contribution in [0.3, 0.4) is 0 Å². The van der Waals surface area contributed by atoms with Crippen LogP contribution in [-0.2, 0) is 11.0 Å². The van der Waals surface area contributed by atoms with Crippen LogP contribution in [0.25, 0.3) is 0 Å². The molecule has 1 aliphatic heterocycles. The number of alkyl halides is 3. The number of carbonyl (C=O) groups is 1. The Morgan fingerprint density at radius 3 is 2.43 bits per heavy atom. The smallest absolute Gasteiger partial charge is 0.416 e. The van der Waals surface area contributed by atoms with Crippen LogP contribution in [0.1, 0.15) is 11.1 Å². The van der Waals surface area contributed by atoms with Crippen LogP contribution in [0, 0.1) is 23.0 Å². The number of anilines is 1. The second-order valence-electron chi connectivity index (χ2n) is 4.85.